The molecule has 0 bridgehead atoms. The Morgan fingerprint density at radius 2 is 1.68 bits per heavy atom. The highest BCUT2D eigenvalue weighted by molar-refractivity contribution is 5.78. The fourth-order valence-electron chi connectivity index (χ4n) is 4.61. The Kier molecular flexibility index (Phi) is 6.86. The molecule has 0 radical (unpaired) electrons. The van der Waals surface area contributed by atoms with Crippen molar-refractivity contribution in [3.05, 3.63) is 24.3 Å². The third-order valence-electron chi connectivity index (χ3n) is 7.06. The van der Waals surface area contributed by atoms with Crippen molar-refractivity contribution < 1.29 is 9.90 Å². The minimum absolute atomic E-state index is 0.177. The van der Waals surface area contributed by atoms with Crippen molar-refractivity contribution in [2.75, 3.05) is 37.6 Å². The maximum atomic E-state index is 12.5. The number of amides is 1. The van der Waals surface area contributed by atoms with Gasteiger partial charge in [0.05, 0.1) is 6.54 Å². The second kappa shape index (κ2) is 9.17. The molecule has 2 fully saturated rings. The van der Waals surface area contributed by atoms with Crippen LogP contribution < -0.4 is 10.2 Å². The molecule has 1 aliphatic heterocycles. The molecular weight excluding hydrogens is 350 g/mol. The van der Waals surface area contributed by atoms with E-state index in [-0.39, 0.29) is 5.91 Å². The van der Waals surface area contributed by atoms with E-state index in [0.717, 1.165) is 50.6 Å². The highest BCUT2D eigenvalue weighted by Crippen LogP contribution is 2.40. The second-order valence-electron chi connectivity index (χ2n) is 9.24. The summed E-state index contributed by atoms with van der Waals surface area (Å²) in [5.74, 6) is 1.27. The number of nitrogens with one attached hydrogen (secondary N) is 1. The summed E-state index contributed by atoms with van der Waals surface area (Å²) >= 11 is 0. The third-order valence-corrected chi connectivity index (χ3v) is 7.06. The Hall–Kier alpha value is -1.75. The molecule has 1 saturated heterocycles. The maximum Gasteiger partial charge on any atom is 0.234 e. The molecule has 2 N–H and O–H groups in total. The molecule has 156 valence electrons. The number of piperazine rings is 1. The van der Waals surface area contributed by atoms with Crippen LogP contribution in [0.4, 0.5) is 5.69 Å². The van der Waals surface area contributed by atoms with Gasteiger partial charge in [0.15, 0.2) is 0 Å². The SMILES string of the molecule is CCC(C)(C)C1CCC(NC(=O)CN2CCN(c3ccc(O)cc3)CC2)CC1. The molecule has 1 amide bonds. The lowest BCUT2D eigenvalue weighted by molar-refractivity contribution is -0.123. The van der Waals surface area contributed by atoms with E-state index < -0.39 is 0 Å². The van der Waals surface area contributed by atoms with Gasteiger partial charge in [-0.15, -0.1) is 0 Å². The number of nitrogens with zero attached hydrogens (tertiary/aromatic N) is 2. The molecule has 28 heavy (non-hydrogen) atoms. The fraction of sp³-hybridized carbons (Fsp3) is 0.696. The fourth-order valence-corrected chi connectivity index (χ4v) is 4.61. The van der Waals surface area contributed by atoms with E-state index >= 15 is 0 Å². The van der Waals surface area contributed by atoms with Crippen LogP contribution in [0.25, 0.3) is 0 Å². The quantitative estimate of drug-likeness (QED) is 0.783. The molecule has 1 aromatic rings. The summed E-state index contributed by atoms with van der Waals surface area (Å²) in [6.07, 6.45) is 5.93. The Morgan fingerprint density at radius 3 is 2.25 bits per heavy atom. The number of aromatic hydroxyl groups is 1. The standard InChI is InChI=1S/C23H37N3O2/c1-4-23(2,3)18-5-7-19(8-6-18)24-22(28)17-25-13-15-26(16-14-25)20-9-11-21(27)12-10-20/h9-12,18-19,27H,4-8,13-17H2,1-3H3,(H,24,28). The Labute approximate surface area is 170 Å². The summed E-state index contributed by atoms with van der Waals surface area (Å²) in [6, 6.07) is 7.72. The number of carbonyl (C=O) groups excluding carboxylic acids is 1. The number of phenolic OH excluding ortho intramolecular Hbond substituents is 1. The van der Waals surface area contributed by atoms with Gasteiger partial charge in [0.25, 0.3) is 0 Å². The highest BCUT2D eigenvalue weighted by atomic mass is 16.3. The smallest absolute Gasteiger partial charge is 0.234 e. The van der Waals surface area contributed by atoms with E-state index in [0.29, 0.717) is 23.8 Å². The van der Waals surface area contributed by atoms with Gasteiger partial charge in [-0.25, -0.2) is 0 Å². The molecule has 0 atom stereocenters. The number of phenols is 1. The van der Waals surface area contributed by atoms with Crippen molar-refractivity contribution in [3.63, 3.8) is 0 Å². The lowest BCUT2D eigenvalue weighted by Gasteiger charge is -2.39. The van der Waals surface area contributed by atoms with Crippen LogP contribution in [0.3, 0.4) is 0 Å². The Morgan fingerprint density at radius 1 is 1.07 bits per heavy atom. The summed E-state index contributed by atoms with van der Waals surface area (Å²) < 4.78 is 0. The molecule has 1 aliphatic carbocycles. The van der Waals surface area contributed by atoms with Crippen molar-refractivity contribution in [2.24, 2.45) is 11.3 Å². The van der Waals surface area contributed by atoms with E-state index in [1.54, 1.807) is 12.1 Å². The number of benzene rings is 1. The van der Waals surface area contributed by atoms with E-state index in [1.165, 1.54) is 19.3 Å². The monoisotopic (exact) mass is 387 g/mol. The topological polar surface area (TPSA) is 55.8 Å². The van der Waals surface area contributed by atoms with Crippen molar-refractivity contribution in [1.29, 1.82) is 0 Å². The van der Waals surface area contributed by atoms with Crippen LogP contribution in [0.2, 0.25) is 0 Å². The molecule has 1 heterocycles. The number of carbonyl (C=O) groups is 1. The molecular formula is C23H37N3O2. The van der Waals surface area contributed by atoms with Gasteiger partial charge in [-0.1, -0.05) is 27.2 Å². The van der Waals surface area contributed by atoms with Gasteiger partial charge in [0.1, 0.15) is 5.75 Å². The lowest BCUT2D eigenvalue weighted by Crippen LogP contribution is -2.51. The number of rotatable bonds is 6. The zero-order chi connectivity index (χ0) is 20.1. The predicted octanol–water partition coefficient (Wildman–Crippen LogP) is 3.63. The van der Waals surface area contributed by atoms with Crippen molar-refractivity contribution >= 4 is 11.6 Å². The van der Waals surface area contributed by atoms with Gasteiger partial charge >= 0.3 is 0 Å². The van der Waals surface area contributed by atoms with Gasteiger partial charge in [-0.05, 0) is 61.3 Å². The normalized spacial score (nSPS) is 24.2. The predicted molar refractivity (Wildman–Crippen MR) is 115 cm³/mol. The molecule has 5 nitrogen and oxygen atoms in total. The maximum absolute atomic E-state index is 12.5. The highest BCUT2D eigenvalue weighted by Gasteiger charge is 2.32. The summed E-state index contributed by atoms with van der Waals surface area (Å²) in [5.41, 5.74) is 1.56. The first-order valence-electron chi connectivity index (χ1n) is 10.9. The van der Waals surface area contributed by atoms with Crippen molar-refractivity contribution in [2.45, 2.75) is 58.9 Å². The zero-order valence-corrected chi connectivity index (χ0v) is 17.8. The summed E-state index contributed by atoms with van der Waals surface area (Å²) in [4.78, 5) is 17.1. The van der Waals surface area contributed by atoms with Crippen molar-refractivity contribution in [1.82, 2.24) is 10.2 Å². The largest absolute Gasteiger partial charge is 0.508 e. The van der Waals surface area contributed by atoms with Crippen LogP contribution in [0.15, 0.2) is 24.3 Å². The molecule has 1 aromatic carbocycles. The first kappa shape index (κ1) is 21.0. The van der Waals surface area contributed by atoms with Crippen LogP contribution >= 0.6 is 0 Å². The number of hydrogen-bond acceptors (Lipinski definition) is 4. The summed E-state index contributed by atoms with van der Waals surface area (Å²) in [7, 11) is 0. The number of anilines is 1. The average molecular weight is 388 g/mol. The van der Waals surface area contributed by atoms with Crippen LogP contribution in [-0.4, -0.2) is 54.7 Å². The molecule has 5 heteroatoms. The Bertz CT molecular complexity index is 628. The van der Waals surface area contributed by atoms with Crippen molar-refractivity contribution in [3.8, 4) is 5.75 Å². The minimum Gasteiger partial charge on any atom is -0.508 e. The number of hydrogen-bond donors (Lipinski definition) is 2. The van der Waals surface area contributed by atoms with Crippen LogP contribution in [-0.2, 0) is 4.79 Å². The average Bonchev–Trinajstić information content (AvgIpc) is 2.69. The summed E-state index contributed by atoms with van der Waals surface area (Å²) in [5, 5.41) is 12.7. The first-order valence-corrected chi connectivity index (χ1v) is 10.9. The van der Waals surface area contributed by atoms with Gasteiger partial charge in [0, 0.05) is 37.9 Å². The van der Waals surface area contributed by atoms with E-state index in [4.69, 9.17) is 0 Å². The van der Waals surface area contributed by atoms with E-state index in [2.05, 4.69) is 35.9 Å². The molecule has 0 aromatic heterocycles. The molecule has 3 rings (SSSR count). The van der Waals surface area contributed by atoms with Crippen LogP contribution in [0.5, 0.6) is 5.75 Å². The third kappa shape index (κ3) is 5.40. The van der Waals surface area contributed by atoms with Crippen LogP contribution in [0, 0.1) is 11.3 Å². The minimum atomic E-state index is 0.177. The van der Waals surface area contributed by atoms with Gasteiger partial charge in [-0.3, -0.25) is 9.69 Å². The second-order valence-corrected chi connectivity index (χ2v) is 9.24. The lowest BCUT2D eigenvalue weighted by atomic mass is 9.69. The van der Waals surface area contributed by atoms with Crippen LogP contribution in [0.1, 0.15) is 52.9 Å². The van der Waals surface area contributed by atoms with Gasteiger partial charge in [0.2, 0.25) is 5.91 Å². The van der Waals surface area contributed by atoms with E-state index in [9.17, 15) is 9.90 Å². The van der Waals surface area contributed by atoms with E-state index in [1.807, 2.05) is 12.1 Å². The van der Waals surface area contributed by atoms with Gasteiger partial charge < -0.3 is 15.3 Å². The molecule has 0 spiro atoms. The summed E-state index contributed by atoms with van der Waals surface area (Å²) in [6.45, 7) is 11.2. The Balaban J connectivity index is 1.38. The first-order chi connectivity index (χ1) is 13.4. The molecule has 2 aliphatic rings. The zero-order valence-electron chi connectivity index (χ0n) is 17.8. The molecule has 1 saturated carbocycles. The molecule has 0 unspecified atom stereocenters. The van der Waals surface area contributed by atoms with Gasteiger partial charge in [-0.2, -0.15) is 0 Å².